The van der Waals surface area contributed by atoms with Crippen LogP contribution in [0.25, 0.3) is 6.08 Å². The van der Waals surface area contributed by atoms with Crippen molar-refractivity contribution in [3.63, 3.8) is 0 Å². The van der Waals surface area contributed by atoms with Gasteiger partial charge in [-0.1, -0.05) is 41.4 Å². The number of halogens is 2. The predicted octanol–water partition coefficient (Wildman–Crippen LogP) is 5.18. The first-order chi connectivity index (χ1) is 12.8. The van der Waals surface area contributed by atoms with E-state index in [0.717, 1.165) is 5.56 Å². The molecule has 2 aromatic rings. The van der Waals surface area contributed by atoms with Gasteiger partial charge in [0.2, 0.25) is 0 Å². The summed E-state index contributed by atoms with van der Waals surface area (Å²) in [7, 11) is 1.29. The standard InChI is InChI=1S/C21H17Cl2NO3/c1-12-7-8-16(11-18(12)23)24-13(2)19(21(26)27-3)17(20(24)25)10-14-5-4-6-15(22)9-14/h4-11H,1-3H3/b17-10-. The van der Waals surface area contributed by atoms with Crippen molar-refractivity contribution in [2.24, 2.45) is 0 Å². The quantitative estimate of drug-likeness (QED) is 0.525. The molecule has 6 heteroatoms. The normalized spacial score (nSPS) is 15.7. The average molecular weight is 402 g/mol. The molecule has 2 aromatic carbocycles. The van der Waals surface area contributed by atoms with Crippen LogP contribution < -0.4 is 4.90 Å². The number of hydrogen-bond donors (Lipinski definition) is 0. The minimum absolute atomic E-state index is 0.221. The maximum atomic E-state index is 13.2. The number of anilines is 1. The van der Waals surface area contributed by atoms with Crippen LogP contribution in [0.3, 0.4) is 0 Å². The summed E-state index contributed by atoms with van der Waals surface area (Å²) in [5.74, 6) is -0.900. The molecule has 27 heavy (non-hydrogen) atoms. The first kappa shape index (κ1) is 19.2. The molecule has 1 heterocycles. The zero-order valence-corrected chi connectivity index (χ0v) is 16.6. The smallest absolute Gasteiger partial charge is 0.340 e. The van der Waals surface area contributed by atoms with Crippen LogP contribution in [0.1, 0.15) is 18.1 Å². The van der Waals surface area contributed by atoms with Crippen molar-refractivity contribution in [1.29, 1.82) is 0 Å². The number of benzene rings is 2. The number of ether oxygens (including phenoxy) is 1. The molecule has 4 nitrogen and oxygen atoms in total. The van der Waals surface area contributed by atoms with Crippen molar-refractivity contribution >= 4 is 46.8 Å². The van der Waals surface area contributed by atoms with E-state index in [9.17, 15) is 9.59 Å². The van der Waals surface area contributed by atoms with E-state index in [4.69, 9.17) is 27.9 Å². The summed E-state index contributed by atoms with van der Waals surface area (Å²) in [5.41, 5.74) is 3.15. The number of nitrogens with zero attached hydrogens (tertiary/aromatic N) is 1. The van der Waals surface area contributed by atoms with E-state index in [1.54, 1.807) is 43.3 Å². The number of amides is 1. The molecule has 0 atom stereocenters. The van der Waals surface area contributed by atoms with E-state index in [1.165, 1.54) is 12.0 Å². The number of hydrogen-bond acceptors (Lipinski definition) is 3. The first-order valence-electron chi connectivity index (χ1n) is 8.21. The monoisotopic (exact) mass is 401 g/mol. The van der Waals surface area contributed by atoms with E-state index in [-0.39, 0.29) is 17.1 Å². The van der Waals surface area contributed by atoms with Gasteiger partial charge >= 0.3 is 5.97 Å². The van der Waals surface area contributed by atoms with Gasteiger partial charge in [0.25, 0.3) is 5.91 Å². The van der Waals surface area contributed by atoms with Crippen molar-refractivity contribution in [2.75, 3.05) is 12.0 Å². The Hall–Kier alpha value is -2.56. The SMILES string of the molecule is COC(=O)C1=C(C)N(c2ccc(C)c(Cl)c2)C(=O)/C1=C\c1cccc(Cl)c1. The molecule has 0 aliphatic carbocycles. The van der Waals surface area contributed by atoms with Gasteiger partial charge in [-0.25, -0.2) is 4.79 Å². The summed E-state index contributed by atoms with van der Waals surface area (Å²) in [6, 6.07) is 12.4. The Balaban J connectivity index is 2.15. The van der Waals surface area contributed by atoms with E-state index < -0.39 is 5.97 Å². The van der Waals surface area contributed by atoms with Crippen LogP contribution in [0.4, 0.5) is 5.69 Å². The van der Waals surface area contributed by atoms with Gasteiger partial charge in [0.05, 0.1) is 23.9 Å². The van der Waals surface area contributed by atoms with Crippen LogP contribution in [0.5, 0.6) is 0 Å². The maximum Gasteiger partial charge on any atom is 0.340 e. The molecular formula is C21H17Cl2NO3. The lowest BCUT2D eigenvalue weighted by Crippen LogP contribution is -2.24. The minimum Gasteiger partial charge on any atom is -0.465 e. The maximum absolute atomic E-state index is 13.2. The van der Waals surface area contributed by atoms with Gasteiger partial charge in [-0.05, 0) is 55.3 Å². The molecule has 3 rings (SSSR count). The largest absolute Gasteiger partial charge is 0.465 e. The van der Waals surface area contributed by atoms with Gasteiger partial charge in [-0.2, -0.15) is 0 Å². The molecule has 0 unspecified atom stereocenters. The third-order valence-corrected chi connectivity index (χ3v) is 5.01. The molecule has 0 fully saturated rings. The lowest BCUT2D eigenvalue weighted by Gasteiger charge is -2.18. The highest BCUT2D eigenvalue weighted by molar-refractivity contribution is 6.32. The number of methoxy groups -OCH3 is 1. The van der Waals surface area contributed by atoms with Crippen LogP contribution >= 0.6 is 23.2 Å². The molecule has 0 saturated carbocycles. The van der Waals surface area contributed by atoms with Crippen LogP contribution in [-0.2, 0) is 14.3 Å². The van der Waals surface area contributed by atoms with Gasteiger partial charge in [0.15, 0.2) is 0 Å². The topological polar surface area (TPSA) is 46.6 Å². The molecule has 0 N–H and O–H groups in total. The Labute approximate surface area is 167 Å². The Morgan fingerprint density at radius 2 is 1.85 bits per heavy atom. The summed E-state index contributed by atoms with van der Waals surface area (Å²) < 4.78 is 4.90. The number of esters is 1. The first-order valence-corrected chi connectivity index (χ1v) is 8.96. The second kappa shape index (κ2) is 7.59. The van der Waals surface area contributed by atoms with Gasteiger partial charge in [0, 0.05) is 15.7 Å². The molecule has 0 radical (unpaired) electrons. The van der Waals surface area contributed by atoms with Gasteiger partial charge in [0.1, 0.15) is 0 Å². The molecule has 138 valence electrons. The highest BCUT2D eigenvalue weighted by Crippen LogP contribution is 2.36. The summed E-state index contributed by atoms with van der Waals surface area (Å²) in [6.45, 7) is 3.59. The fourth-order valence-corrected chi connectivity index (χ4v) is 3.35. The van der Waals surface area contributed by atoms with Gasteiger partial charge < -0.3 is 4.74 Å². The van der Waals surface area contributed by atoms with Crippen LogP contribution in [0.2, 0.25) is 10.0 Å². The van der Waals surface area contributed by atoms with Crippen LogP contribution in [-0.4, -0.2) is 19.0 Å². The third-order valence-electron chi connectivity index (χ3n) is 4.36. The fourth-order valence-electron chi connectivity index (χ4n) is 2.97. The molecule has 0 saturated heterocycles. The number of carbonyl (C=O) groups excluding carboxylic acids is 2. The van der Waals surface area contributed by atoms with E-state index in [2.05, 4.69) is 0 Å². The number of aryl methyl sites for hydroxylation is 1. The summed E-state index contributed by atoms with van der Waals surface area (Å²) >= 11 is 12.3. The van der Waals surface area contributed by atoms with Crippen molar-refractivity contribution < 1.29 is 14.3 Å². The number of allylic oxidation sites excluding steroid dienone is 1. The Bertz CT molecular complexity index is 1010. The molecule has 1 aliphatic heterocycles. The Morgan fingerprint density at radius 3 is 2.48 bits per heavy atom. The second-order valence-corrected chi connectivity index (χ2v) is 6.98. The molecule has 1 amide bonds. The van der Waals surface area contributed by atoms with Crippen molar-refractivity contribution in [2.45, 2.75) is 13.8 Å². The van der Waals surface area contributed by atoms with E-state index in [1.807, 2.05) is 19.1 Å². The highest BCUT2D eigenvalue weighted by Gasteiger charge is 2.38. The van der Waals surface area contributed by atoms with E-state index >= 15 is 0 Å². The lowest BCUT2D eigenvalue weighted by atomic mass is 10.0. The summed E-state index contributed by atoms with van der Waals surface area (Å²) in [5, 5.41) is 1.08. The number of rotatable bonds is 3. The Morgan fingerprint density at radius 1 is 1.11 bits per heavy atom. The van der Waals surface area contributed by atoms with Crippen molar-refractivity contribution in [1.82, 2.24) is 0 Å². The number of carbonyl (C=O) groups is 2. The minimum atomic E-state index is -0.574. The second-order valence-electron chi connectivity index (χ2n) is 6.14. The van der Waals surface area contributed by atoms with Gasteiger partial charge in [-0.15, -0.1) is 0 Å². The zero-order valence-electron chi connectivity index (χ0n) is 15.0. The van der Waals surface area contributed by atoms with Crippen LogP contribution in [0, 0.1) is 6.92 Å². The predicted molar refractivity (Wildman–Crippen MR) is 108 cm³/mol. The third kappa shape index (κ3) is 3.64. The van der Waals surface area contributed by atoms with Crippen LogP contribution in [0.15, 0.2) is 59.3 Å². The lowest BCUT2D eigenvalue weighted by molar-refractivity contribution is -0.136. The molecule has 0 bridgehead atoms. The highest BCUT2D eigenvalue weighted by atomic mass is 35.5. The Kier molecular flexibility index (Phi) is 5.40. The summed E-state index contributed by atoms with van der Waals surface area (Å²) in [4.78, 5) is 27.0. The van der Waals surface area contributed by atoms with Gasteiger partial charge in [-0.3, -0.25) is 9.69 Å². The van der Waals surface area contributed by atoms with Crippen molar-refractivity contribution in [3.8, 4) is 0 Å². The van der Waals surface area contributed by atoms with E-state index in [0.29, 0.717) is 27.0 Å². The van der Waals surface area contributed by atoms with Crippen molar-refractivity contribution in [3.05, 3.63) is 80.5 Å². The summed E-state index contributed by atoms with van der Waals surface area (Å²) in [6.07, 6.45) is 1.64. The molecule has 1 aliphatic rings. The average Bonchev–Trinajstić information content (AvgIpc) is 2.87. The molecule has 0 spiro atoms. The molecular weight excluding hydrogens is 385 g/mol. The zero-order chi connectivity index (χ0) is 19.7. The fraction of sp³-hybridized carbons (Fsp3) is 0.143. The molecule has 0 aromatic heterocycles.